The first-order valence-corrected chi connectivity index (χ1v) is 12.3. The first-order valence-electron chi connectivity index (χ1n) is 12.3. The lowest BCUT2D eigenvalue weighted by Crippen LogP contribution is -2.34. The van der Waals surface area contributed by atoms with Crippen LogP contribution in [0.1, 0.15) is 59.8 Å². The number of fused-ring (bicyclic) bond motifs is 1. The van der Waals surface area contributed by atoms with Gasteiger partial charge in [0.05, 0.1) is 18.3 Å². The molecule has 0 aliphatic carbocycles. The Morgan fingerprint density at radius 3 is 2.06 bits per heavy atom. The Bertz CT molecular complexity index is 1190. The molecule has 1 unspecified atom stereocenters. The predicted octanol–water partition coefficient (Wildman–Crippen LogP) is 5.05. The maximum Gasteiger partial charge on any atom is 0.205 e. The Morgan fingerprint density at radius 2 is 1.53 bits per heavy atom. The van der Waals surface area contributed by atoms with E-state index in [1.54, 1.807) is 0 Å². The van der Waals surface area contributed by atoms with E-state index < -0.39 is 18.3 Å². The number of hydrogen-bond acceptors (Lipinski definition) is 6. The summed E-state index contributed by atoms with van der Waals surface area (Å²) in [6, 6.07) is 19.5. The molecule has 0 spiro atoms. The highest BCUT2D eigenvalue weighted by Gasteiger charge is 2.36. The molecule has 1 heterocycles. The molecule has 0 saturated heterocycles. The van der Waals surface area contributed by atoms with Gasteiger partial charge in [-0.25, -0.2) is 0 Å². The molecule has 0 amide bonds. The van der Waals surface area contributed by atoms with Crippen molar-refractivity contribution in [3.8, 4) is 17.2 Å². The third kappa shape index (κ3) is 5.89. The smallest absolute Gasteiger partial charge is 0.205 e. The normalized spacial score (nSPS) is 14.9. The van der Waals surface area contributed by atoms with Crippen molar-refractivity contribution in [2.24, 2.45) is 0 Å². The van der Waals surface area contributed by atoms with Crippen LogP contribution in [0.2, 0.25) is 0 Å². The van der Waals surface area contributed by atoms with Crippen LogP contribution in [0.15, 0.2) is 60.7 Å². The summed E-state index contributed by atoms with van der Waals surface area (Å²) in [4.78, 5) is 13.1. The SMILES string of the molecule is CC(=O)c1c(CC(O)CO)c2c(c(OCc3ccccc3)c1OCc1ccccc1)OC(C)(C)CC2. The summed E-state index contributed by atoms with van der Waals surface area (Å²) in [6.45, 7) is 5.61. The molecule has 3 aromatic rings. The van der Waals surface area contributed by atoms with Crippen LogP contribution in [0.4, 0.5) is 0 Å². The Labute approximate surface area is 212 Å². The van der Waals surface area contributed by atoms with Crippen LogP contribution in [0.5, 0.6) is 17.2 Å². The summed E-state index contributed by atoms with van der Waals surface area (Å²) < 4.78 is 19.2. The van der Waals surface area contributed by atoms with Crippen LogP contribution < -0.4 is 14.2 Å². The lowest BCUT2D eigenvalue weighted by Gasteiger charge is -2.36. The maximum absolute atomic E-state index is 13.1. The molecule has 3 aromatic carbocycles. The summed E-state index contributed by atoms with van der Waals surface area (Å²) >= 11 is 0. The van der Waals surface area contributed by atoms with Crippen LogP contribution in [0, 0.1) is 0 Å². The van der Waals surface area contributed by atoms with E-state index in [0.717, 1.165) is 23.1 Å². The van der Waals surface area contributed by atoms with Gasteiger partial charge in [-0.3, -0.25) is 4.79 Å². The second kappa shape index (κ2) is 11.1. The van der Waals surface area contributed by atoms with Gasteiger partial charge in [-0.15, -0.1) is 0 Å². The van der Waals surface area contributed by atoms with Gasteiger partial charge in [0.1, 0.15) is 18.8 Å². The largest absolute Gasteiger partial charge is 0.484 e. The van der Waals surface area contributed by atoms with Gasteiger partial charge in [-0.2, -0.15) is 0 Å². The monoisotopic (exact) mass is 490 g/mol. The third-order valence-electron chi connectivity index (χ3n) is 6.39. The van der Waals surface area contributed by atoms with Crippen LogP contribution >= 0.6 is 0 Å². The molecule has 6 heteroatoms. The van der Waals surface area contributed by atoms with E-state index in [1.165, 1.54) is 6.92 Å². The molecule has 6 nitrogen and oxygen atoms in total. The fraction of sp³-hybridized carbons (Fsp3) is 0.367. The highest BCUT2D eigenvalue weighted by Crippen LogP contribution is 2.51. The lowest BCUT2D eigenvalue weighted by molar-refractivity contribution is 0.0746. The summed E-state index contributed by atoms with van der Waals surface area (Å²) in [5.41, 5.74) is 3.30. The number of ketones is 1. The molecule has 1 aliphatic rings. The fourth-order valence-electron chi connectivity index (χ4n) is 4.53. The van der Waals surface area contributed by atoms with Crippen molar-refractivity contribution in [3.63, 3.8) is 0 Å². The zero-order chi connectivity index (χ0) is 25.7. The van der Waals surface area contributed by atoms with Crippen molar-refractivity contribution < 1.29 is 29.2 Å². The molecule has 1 atom stereocenters. The van der Waals surface area contributed by atoms with Crippen molar-refractivity contribution in [2.45, 2.75) is 65.0 Å². The minimum atomic E-state index is -1.01. The summed E-state index contributed by atoms with van der Waals surface area (Å²) in [7, 11) is 0. The van der Waals surface area contributed by atoms with Crippen molar-refractivity contribution >= 4 is 5.78 Å². The van der Waals surface area contributed by atoms with Gasteiger partial charge in [0.2, 0.25) is 5.75 Å². The van der Waals surface area contributed by atoms with Crippen LogP contribution in [-0.4, -0.2) is 34.3 Å². The fourth-order valence-corrected chi connectivity index (χ4v) is 4.53. The summed E-state index contributed by atoms with van der Waals surface area (Å²) in [5, 5.41) is 19.9. The van der Waals surface area contributed by atoms with Gasteiger partial charge >= 0.3 is 0 Å². The van der Waals surface area contributed by atoms with Gasteiger partial charge in [0, 0.05) is 12.0 Å². The van der Waals surface area contributed by atoms with E-state index in [2.05, 4.69) is 0 Å². The van der Waals surface area contributed by atoms with Crippen LogP contribution in [0.25, 0.3) is 0 Å². The van der Waals surface area contributed by atoms with Gasteiger partial charge in [0.15, 0.2) is 17.3 Å². The minimum Gasteiger partial charge on any atom is -0.484 e. The number of carbonyl (C=O) groups is 1. The first-order chi connectivity index (χ1) is 17.3. The number of Topliss-reactive ketones (excluding diaryl/α,β-unsaturated/α-hetero) is 1. The Morgan fingerprint density at radius 1 is 0.972 bits per heavy atom. The molecular weight excluding hydrogens is 456 g/mol. The third-order valence-corrected chi connectivity index (χ3v) is 6.39. The second-order valence-corrected chi connectivity index (χ2v) is 9.83. The number of hydrogen-bond donors (Lipinski definition) is 2. The molecule has 190 valence electrons. The molecule has 0 radical (unpaired) electrons. The minimum absolute atomic E-state index is 0.109. The van der Waals surface area contributed by atoms with Crippen molar-refractivity contribution in [3.05, 3.63) is 88.5 Å². The first kappa shape index (κ1) is 25.7. The summed E-state index contributed by atoms with van der Waals surface area (Å²) in [6.07, 6.45) is 0.483. The average Bonchev–Trinajstić information content (AvgIpc) is 2.87. The quantitative estimate of drug-likeness (QED) is 0.387. The molecule has 2 N–H and O–H groups in total. The van der Waals surface area contributed by atoms with Crippen molar-refractivity contribution in [2.75, 3.05) is 6.61 Å². The van der Waals surface area contributed by atoms with E-state index in [0.29, 0.717) is 34.8 Å². The standard InChI is InChI=1S/C30H34O6/c1-20(32)26-25(16-23(33)17-31)24-14-15-30(2,3)36-27(24)29(35-19-22-12-8-5-9-13-22)28(26)34-18-21-10-6-4-7-11-21/h4-13,23,31,33H,14-19H2,1-3H3. The highest BCUT2D eigenvalue weighted by molar-refractivity contribution is 6.00. The van der Waals surface area contributed by atoms with E-state index in [-0.39, 0.29) is 25.4 Å². The molecule has 36 heavy (non-hydrogen) atoms. The number of aliphatic hydroxyl groups excluding tert-OH is 2. The second-order valence-electron chi connectivity index (χ2n) is 9.83. The zero-order valence-corrected chi connectivity index (χ0v) is 21.1. The predicted molar refractivity (Wildman–Crippen MR) is 138 cm³/mol. The van der Waals surface area contributed by atoms with E-state index in [4.69, 9.17) is 14.2 Å². The topological polar surface area (TPSA) is 85.2 Å². The Balaban J connectivity index is 1.88. The summed E-state index contributed by atoms with van der Waals surface area (Å²) in [5.74, 6) is 1.04. The van der Waals surface area contributed by atoms with Gasteiger partial charge in [-0.1, -0.05) is 60.7 Å². The molecule has 1 aliphatic heterocycles. The van der Waals surface area contributed by atoms with Crippen LogP contribution in [0.3, 0.4) is 0 Å². The molecular formula is C30H34O6. The van der Waals surface area contributed by atoms with E-state index in [9.17, 15) is 15.0 Å². The van der Waals surface area contributed by atoms with Crippen LogP contribution in [-0.2, 0) is 26.1 Å². The number of carbonyl (C=O) groups excluding carboxylic acids is 1. The number of aliphatic hydroxyl groups is 2. The average molecular weight is 491 g/mol. The van der Waals surface area contributed by atoms with Gasteiger partial charge in [0.25, 0.3) is 0 Å². The Hall–Kier alpha value is -3.35. The van der Waals surface area contributed by atoms with Crippen molar-refractivity contribution in [1.29, 1.82) is 0 Å². The number of rotatable bonds is 10. The lowest BCUT2D eigenvalue weighted by atomic mass is 9.85. The number of ether oxygens (including phenoxy) is 3. The molecule has 4 rings (SSSR count). The van der Waals surface area contributed by atoms with E-state index in [1.807, 2.05) is 74.5 Å². The molecule has 0 saturated carbocycles. The van der Waals surface area contributed by atoms with Gasteiger partial charge < -0.3 is 24.4 Å². The van der Waals surface area contributed by atoms with Gasteiger partial charge in [-0.05, 0) is 50.3 Å². The highest BCUT2D eigenvalue weighted by atomic mass is 16.6. The van der Waals surface area contributed by atoms with Crippen molar-refractivity contribution in [1.82, 2.24) is 0 Å². The van der Waals surface area contributed by atoms with E-state index >= 15 is 0 Å². The molecule has 0 aromatic heterocycles. The molecule has 0 bridgehead atoms. The zero-order valence-electron chi connectivity index (χ0n) is 21.1. The Kier molecular flexibility index (Phi) is 7.97. The maximum atomic E-state index is 13.1. The molecule has 0 fully saturated rings. The number of benzene rings is 3.